The third kappa shape index (κ3) is 6.63. The van der Waals surface area contributed by atoms with E-state index >= 15 is 0 Å². The summed E-state index contributed by atoms with van der Waals surface area (Å²) >= 11 is 0. The van der Waals surface area contributed by atoms with Crippen LogP contribution in [0.1, 0.15) is 44.7 Å². The fourth-order valence-electron chi connectivity index (χ4n) is 3.20. The predicted molar refractivity (Wildman–Crippen MR) is 116 cm³/mol. The summed E-state index contributed by atoms with van der Waals surface area (Å²) in [6.45, 7) is 8.70. The van der Waals surface area contributed by atoms with Gasteiger partial charge in [-0.15, -0.1) is 0 Å². The van der Waals surface area contributed by atoms with E-state index in [-0.39, 0.29) is 18.4 Å². The molecule has 0 saturated carbocycles. The number of amides is 2. The lowest BCUT2D eigenvalue weighted by atomic mass is 10.0. The van der Waals surface area contributed by atoms with Crippen molar-refractivity contribution in [2.75, 3.05) is 19.7 Å². The molecule has 0 aliphatic carbocycles. The smallest absolute Gasteiger partial charge is 0.261 e. The molecular weight excluding hydrogens is 364 g/mol. The largest absolute Gasteiger partial charge is 0.483 e. The summed E-state index contributed by atoms with van der Waals surface area (Å²) in [7, 11) is 0. The quantitative estimate of drug-likeness (QED) is 0.665. The minimum absolute atomic E-state index is 0.0950. The number of nitrogens with one attached hydrogen (secondary N) is 1. The van der Waals surface area contributed by atoms with Crippen molar-refractivity contribution in [1.29, 1.82) is 0 Å². The number of carbonyl (C=O) groups is 2. The number of hydrogen-bond donors (Lipinski definition) is 1. The summed E-state index contributed by atoms with van der Waals surface area (Å²) in [6.07, 6.45) is 0.679. The van der Waals surface area contributed by atoms with Crippen molar-refractivity contribution in [3.8, 4) is 5.75 Å². The molecule has 1 N–H and O–H groups in total. The molecule has 0 radical (unpaired) electrons. The maximum Gasteiger partial charge on any atom is 0.261 e. The monoisotopic (exact) mass is 396 g/mol. The molecule has 0 spiro atoms. The van der Waals surface area contributed by atoms with Gasteiger partial charge in [-0.25, -0.2) is 0 Å². The second-order valence-corrected chi connectivity index (χ2v) is 7.37. The Kier molecular flexibility index (Phi) is 8.71. The van der Waals surface area contributed by atoms with E-state index in [1.54, 1.807) is 11.8 Å². The van der Waals surface area contributed by atoms with Crippen LogP contribution in [-0.4, -0.2) is 42.5 Å². The van der Waals surface area contributed by atoms with Gasteiger partial charge < -0.3 is 15.0 Å². The van der Waals surface area contributed by atoms with E-state index < -0.39 is 6.04 Å². The fourth-order valence-corrected chi connectivity index (χ4v) is 3.20. The van der Waals surface area contributed by atoms with Gasteiger partial charge in [-0.05, 0) is 43.4 Å². The van der Waals surface area contributed by atoms with E-state index in [4.69, 9.17) is 4.74 Å². The van der Waals surface area contributed by atoms with Crippen LogP contribution >= 0.6 is 0 Å². The summed E-state index contributed by atoms with van der Waals surface area (Å²) in [6, 6.07) is 17.1. The van der Waals surface area contributed by atoms with Gasteiger partial charge in [0.1, 0.15) is 11.8 Å². The number of likely N-dealkylation sites (N-methyl/N-ethyl adjacent to an activating group) is 1. The molecule has 0 unspecified atom stereocenters. The molecule has 2 aromatic carbocycles. The highest BCUT2D eigenvalue weighted by molar-refractivity contribution is 5.87. The minimum Gasteiger partial charge on any atom is -0.483 e. The van der Waals surface area contributed by atoms with E-state index in [0.29, 0.717) is 31.2 Å². The highest BCUT2D eigenvalue weighted by atomic mass is 16.5. The SMILES string of the molecule is CCNC(=O)[C@H](C)N(CCc1ccccc1)C(=O)COc1ccccc1C(C)C. The van der Waals surface area contributed by atoms with Crippen LogP contribution in [0.25, 0.3) is 0 Å². The van der Waals surface area contributed by atoms with Crippen molar-refractivity contribution in [2.45, 2.75) is 46.1 Å². The number of carbonyl (C=O) groups excluding carboxylic acids is 2. The van der Waals surface area contributed by atoms with Crippen molar-refractivity contribution in [1.82, 2.24) is 10.2 Å². The van der Waals surface area contributed by atoms with E-state index in [1.165, 1.54) is 0 Å². The van der Waals surface area contributed by atoms with Gasteiger partial charge in [0.25, 0.3) is 5.91 Å². The first kappa shape index (κ1) is 22.5. The number of rotatable bonds is 10. The standard InChI is InChI=1S/C24H32N2O3/c1-5-25-24(28)19(4)26(16-15-20-11-7-6-8-12-20)23(27)17-29-22-14-10-9-13-21(22)18(2)3/h6-14,18-19H,5,15-17H2,1-4H3,(H,25,28)/t19-/m0/s1. The van der Waals surface area contributed by atoms with Gasteiger partial charge in [-0.3, -0.25) is 9.59 Å². The Morgan fingerprint density at radius 2 is 1.66 bits per heavy atom. The zero-order valence-electron chi connectivity index (χ0n) is 17.9. The van der Waals surface area contributed by atoms with Gasteiger partial charge in [0.2, 0.25) is 5.91 Å². The van der Waals surface area contributed by atoms with Crippen LogP contribution in [0.2, 0.25) is 0 Å². The molecular formula is C24H32N2O3. The Morgan fingerprint density at radius 1 is 1.00 bits per heavy atom. The summed E-state index contributed by atoms with van der Waals surface area (Å²) in [5.74, 6) is 0.656. The van der Waals surface area contributed by atoms with Gasteiger partial charge in [0, 0.05) is 13.1 Å². The lowest BCUT2D eigenvalue weighted by Gasteiger charge is -2.28. The number of hydrogen-bond acceptors (Lipinski definition) is 3. The molecule has 0 saturated heterocycles. The molecule has 2 aromatic rings. The lowest BCUT2D eigenvalue weighted by Crippen LogP contribution is -2.50. The average Bonchev–Trinajstić information content (AvgIpc) is 2.73. The van der Waals surface area contributed by atoms with Crippen molar-refractivity contribution in [3.05, 3.63) is 65.7 Å². The van der Waals surface area contributed by atoms with E-state index in [2.05, 4.69) is 19.2 Å². The van der Waals surface area contributed by atoms with Crippen LogP contribution in [0.4, 0.5) is 0 Å². The molecule has 0 fully saturated rings. The first-order valence-electron chi connectivity index (χ1n) is 10.3. The fraction of sp³-hybridized carbons (Fsp3) is 0.417. The van der Waals surface area contributed by atoms with E-state index in [1.807, 2.05) is 61.5 Å². The maximum atomic E-state index is 13.0. The first-order valence-corrected chi connectivity index (χ1v) is 10.3. The Hall–Kier alpha value is -2.82. The molecule has 1 atom stereocenters. The molecule has 0 aliphatic heterocycles. The number of para-hydroxylation sites is 1. The van der Waals surface area contributed by atoms with E-state index in [0.717, 1.165) is 11.1 Å². The molecule has 0 aliphatic rings. The highest BCUT2D eigenvalue weighted by Crippen LogP contribution is 2.25. The molecule has 2 rings (SSSR count). The Bertz CT molecular complexity index is 790. The molecule has 5 heteroatoms. The molecule has 29 heavy (non-hydrogen) atoms. The summed E-state index contributed by atoms with van der Waals surface area (Å²) in [4.78, 5) is 27.0. The van der Waals surface area contributed by atoms with Crippen molar-refractivity contribution in [2.24, 2.45) is 0 Å². The lowest BCUT2D eigenvalue weighted by molar-refractivity contribution is -0.141. The van der Waals surface area contributed by atoms with Crippen LogP contribution < -0.4 is 10.1 Å². The summed E-state index contributed by atoms with van der Waals surface area (Å²) < 4.78 is 5.86. The second kappa shape index (κ2) is 11.2. The molecule has 2 amide bonds. The minimum atomic E-state index is -0.560. The number of nitrogens with zero attached hydrogens (tertiary/aromatic N) is 1. The Labute approximate surface area is 174 Å². The summed E-state index contributed by atoms with van der Waals surface area (Å²) in [5.41, 5.74) is 2.19. The zero-order valence-corrected chi connectivity index (χ0v) is 17.9. The van der Waals surface area contributed by atoms with Gasteiger partial charge in [0.15, 0.2) is 6.61 Å². The molecule has 0 aromatic heterocycles. The molecule has 156 valence electrons. The third-order valence-electron chi connectivity index (χ3n) is 4.89. The second-order valence-electron chi connectivity index (χ2n) is 7.37. The predicted octanol–water partition coefficient (Wildman–Crippen LogP) is 3.78. The van der Waals surface area contributed by atoms with E-state index in [9.17, 15) is 9.59 Å². The highest BCUT2D eigenvalue weighted by Gasteiger charge is 2.26. The molecule has 5 nitrogen and oxygen atoms in total. The van der Waals surface area contributed by atoms with Crippen molar-refractivity contribution >= 4 is 11.8 Å². The van der Waals surface area contributed by atoms with Crippen LogP contribution in [0.5, 0.6) is 5.75 Å². The number of ether oxygens (including phenoxy) is 1. The van der Waals surface area contributed by atoms with Crippen LogP contribution in [0.15, 0.2) is 54.6 Å². The Balaban J connectivity index is 2.10. The van der Waals surface area contributed by atoms with Gasteiger partial charge >= 0.3 is 0 Å². The van der Waals surface area contributed by atoms with Crippen LogP contribution in [-0.2, 0) is 16.0 Å². The topological polar surface area (TPSA) is 58.6 Å². The van der Waals surface area contributed by atoms with Crippen molar-refractivity contribution in [3.63, 3.8) is 0 Å². The molecule has 0 bridgehead atoms. The normalized spacial score (nSPS) is 11.8. The van der Waals surface area contributed by atoms with Crippen LogP contribution in [0, 0.1) is 0 Å². The zero-order chi connectivity index (χ0) is 21.2. The van der Waals surface area contributed by atoms with Crippen LogP contribution in [0.3, 0.4) is 0 Å². The van der Waals surface area contributed by atoms with Crippen molar-refractivity contribution < 1.29 is 14.3 Å². The molecule has 0 heterocycles. The third-order valence-corrected chi connectivity index (χ3v) is 4.89. The maximum absolute atomic E-state index is 13.0. The average molecular weight is 397 g/mol. The first-order chi connectivity index (χ1) is 13.9. The van der Waals surface area contributed by atoms with Gasteiger partial charge in [-0.1, -0.05) is 62.4 Å². The van der Waals surface area contributed by atoms with Gasteiger partial charge in [-0.2, -0.15) is 0 Å². The van der Waals surface area contributed by atoms with Gasteiger partial charge in [0.05, 0.1) is 0 Å². The Morgan fingerprint density at radius 3 is 2.31 bits per heavy atom. The number of benzene rings is 2. The summed E-state index contributed by atoms with van der Waals surface area (Å²) in [5, 5.41) is 2.80.